The van der Waals surface area contributed by atoms with Crippen LogP contribution in [-0.4, -0.2) is 83.9 Å². The molecule has 139 heavy (non-hydrogen) atoms. The number of hydrogen-bond donors (Lipinski definition) is 8. The molecule has 0 saturated carbocycles. The summed E-state index contributed by atoms with van der Waals surface area (Å²) in [5.74, 6) is 1.88. The van der Waals surface area contributed by atoms with Crippen LogP contribution in [0.25, 0.3) is 55.8 Å². The number of amides is 4. The normalized spacial score (nSPS) is 12.1. The molecule has 4 aromatic heterocycles. The first kappa shape index (κ1) is 93.6. The highest BCUT2D eigenvalue weighted by molar-refractivity contribution is 5.95. The molecular formula is C119H108N12O8. The number of anilines is 4. The van der Waals surface area contributed by atoms with E-state index in [2.05, 4.69) is 124 Å². The van der Waals surface area contributed by atoms with Gasteiger partial charge in [-0.2, -0.15) is 0 Å². The fraction of sp³-hybridized carbons (Fsp3) is 0.193. The van der Waals surface area contributed by atoms with Crippen molar-refractivity contribution in [2.24, 2.45) is 0 Å². The van der Waals surface area contributed by atoms with Crippen LogP contribution in [0.1, 0.15) is 154 Å². The SMILES string of the molecule is O=C(CCCc1ccccc1)Nc1nc2c(nc1Cc1ccccc1)-c1ccc(CO)cc1CC2.O=C(CCc1ccccc1)Nc1nc2c(nc1Cc1ccccc1)-c1ccc(CO)cc1CC2.O=C(Cc1ccc2ccccc2c1)Nc1nc2c(nc1Cc1ccccc1)-c1ccc(CO)cc1CC2.O=C(Cc1ccccc1)Nc1nc2c(nc1Cc1ccccc1)-c1ccc(CO)cc1CC2. The highest BCUT2D eigenvalue weighted by Crippen LogP contribution is 2.40. The van der Waals surface area contributed by atoms with Crippen LogP contribution in [0.5, 0.6) is 0 Å². The fourth-order valence-corrected chi connectivity index (χ4v) is 18.4. The van der Waals surface area contributed by atoms with E-state index in [1.54, 1.807) is 0 Å². The van der Waals surface area contributed by atoms with Crippen molar-refractivity contribution in [1.29, 1.82) is 0 Å². The van der Waals surface area contributed by atoms with Crippen molar-refractivity contribution in [1.82, 2.24) is 39.9 Å². The minimum absolute atomic E-state index is 0.0211. The lowest BCUT2D eigenvalue weighted by Crippen LogP contribution is -2.20. The number of aliphatic hydroxyl groups excluding tert-OH is 4. The topological polar surface area (TPSA) is 300 Å². The summed E-state index contributed by atoms with van der Waals surface area (Å²) in [7, 11) is 0. The second kappa shape index (κ2) is 45.2. The van der Waals surface area contributed by atoms with E-state index in [1.807, 2.05) is 224 Å². The number of aromatic nitrogens is 8. The Labute approximate surface area is 809 Å². The Morgan fingerprint density at radius 2 is 0.496 bits per heavy atom. The van der Waals surface area contributed by atoms with E-state index in [-0.39, 0.29) is 62.9 Å². The molecule has 0 bridgehead atoms. The van der Waals surface area contributed by atoms with Crippen LogP contribution in [0.3, 0.4) is 0 Å². The third-order valence-corrected chi connectivity index (χ3v) is 25.6. The summed E-state index contributed by atoms with van der Waals surface area (Å²) in [5, 5.41) is 52.6. The highest BCUT2D eigenvalue weighted by Gasteiger charge is 2.30. The molecule has 20 heteroatoms. The molecule has 8 N–H and O–H groups in total. The van der Waals surface area contributed by atoms with E-state index in [1.165, 1.54) is 27.8 Å². The molecule has 0 aliphatic heterocycles. The van der Waals surface area contributed by atoms with Crippen LogP contribution in [0.2, 0.25) is 0 Å². The van der Waals surface area contributed by atoms with Gasteiger partial charge in [-0.05, 0) is 170 Å². The van der Waals surface area contributed by atoms with Crippen molar-refractivity contribution in [2.75, 3.05) is 21.3 Å². The number of carbonyl (C=O) groups is 4. The number of rotatable bonds is 27. The lowest BCUT2D eigenvalue weighted by molar-refractivity contribution is -0.117. The fourth-order valence-electron chi connectivity index (χ4n) is 18.4. The van der Waals surface area contributed by atoms with Gasteiger partial charge < -0.3 is 41.7 Å². The maximum Gasteiger partial charge on any atom is 0.229 e. The number of hydrogen-bond acceptors (Lipinski definition) is 16. The minimum Gasteiger partial charge on any atom is -0.392 e. The molecular weight excluding hydrogens is 1730 g/mol. The van der Waals surface area contributed by atoms with E-state index < -0.39 is 0 Å². The molecule has 0 unspecified atom stereocenters. The summed E-state index contributed by atoms with van der Waals surface area (Å²) >= 11 is 0. The minimum atomic E-state index is -0.109. The van der Waals surface area contributed by atoms with E-state index in [4.69, 9.17) is 39.9 Å². The lowest BCUT2D eigenvalue weighted by atomic mass is 9.90. The van der Waals surface area contributed by atoms with Crippen LogP contribution in [0, 0.1) is 0 Å². The van der Waals surface area contributed by atoms with E-state index in [0.29, 0.717) is 68.2 Å². The van der Waals surface area contributed by atoms with Gasteiger partial charge in [0.05, 0.1) is 108 Å². The van der Waals surface area contributed by atoms with Crippen LogP contribution in [0.15, 0.2) is 328 Å². The zero-order valence-corrected chi connectivity index (χ0v) is 77.4. The monoisotopic (exact) mass is 1830 g/mol. The summed E-state index contributed by atoms with van der Waals surface area (Å²) < 4.78 is 0. The van der Waals surface area contributed by atoms with Gasteiger partial charge in [-0.1, -0.05) is 328 Å². The van der Waals surface area contributed by atoms with Crippen molar-refractivity contribution in [2.45, 2.75) is 148 Å². The molecule has 4 aliphatic carbocycles. The first-order chi connectivity index (χ1) is 68.2. The second-order valence-corrected chi connectivity index (χ2v) is 35.5. The molecule has 692 valence electrons. The zero-order chi connectivity index (χ0) is 95.2. The molecule has 0 spiro atoms. The van der Waals surface area contributed by atoms with Crippen LogP contribution in [0.4, 0.5) is 23.3 Å². The first-order valence-electron chi connectivity index (χ1n) is 47.7. The van der Waals surface area contributed by atoms with E-state index in [0.717, 1.165) is 227 Å². The molecule has 4 heterocycles. The maximum atomic E-state index is 13.2. The number of nitrogens with one attached hydrogen (secondary N) is 4. The Hall–Kier alpha value is -15.8. The van der Waals surface area contributed by atoms with Gasteiger partial charge in [-0.3, -0.25) is 19.2 Å². The molecule has 4 aliphatic rings. The average molecular weight is 1830 g/mol. The zero-order valence-electron chi connectivity index (χ0n) is 77.4. The summed E-state index contributed by atoms with van der Waals surface area (Å²) in [6, 6.07) is 109. The van der Waals surface area contributed by atoms with Gasteiger partial charge in [0.1, 0.15) is 0 Å². The largest absolute Gasteiger partial charge is 0.392 e. The number of carbonyl (C=O) groups excluding carboxylic acids is 4. The molecule has 20 nitrogen and oxygen atoms in total. The lowest BCUT2D eigenvalue weighted by Gasteiger charge is -2.21. The second-order valence-electron chi connectivity index (χ2n) is 35.5. The first-order valence-corrected chi connectivity index (χ1v) is 47.7. The van der Waals surface area contributed by atoms with Gasteiger partial charge in [0, 0.05) is 60.8 Å². The van der Waals surface area contributed by atoms with Gasteiger partial charge in [0.2, 0.25) is 23.6 Å². The number of aryl methyl sites for hydroxylation is 10. The third-order valence-electron chi connectivity index (χ3n) is 25.6. The molecule has 4 amide bonds. The van der Waals surface area contributed by atoms with Crippen molar-refractivity contribution in [3.63, 3.8) is 0 Å². The van der Waals surface area contributed by atoms with Crippen molar-refractivity contribution in [3.8, 4) is 45.0 Å². The molecule has 0 radical (unpaired) electrons. The predicted octanol–water partition coefficient (Wildman–Crippen LogP) is 20.3. The highest BCUT2D eigenvalue weighted by atomic mass is 16.3. The van der Waals surface area contributed by atoms with Crippen LogP contribution >= 0.6 is 0 Å². The Morgan fingerprint density at radius 3 is 0.820 bits per heavy atom. The Bertz CT molecular complexity index is 7240. The summed E-state index contributed by atoms with van der Waals surface area (Å²) in [6.45, 7) is 0.101. The number of aliphatic hydroxyl groups is 4. The quantitative estimate of drug-likeness (QED) is 0.0237. The van der Waals surface area contributed by atoms with Crippen molar-refractivity contribution >= 4 is 57.7 Å². The van der Waals surface area contributed by atoms with Crippen molar-refractivity contribution in [3.05, 3.63) is 462 Å². The molecule has 21 rings (SSSR count). The number of nitrogens with zero attached hydrogens (tertiary/aromatic N) is 8. The Balaban J connectivity index is 0.000000123. The van der Waals surface area contributed by atoms with Gasteiger partial charge in [0.25, 0.3) is 0 Å². The summed E-state index contributed by atoms with van der Waals surface area (Å²) in [5.41, 5.74) is 31.4. The Morgan fingerprint density at radius 1 is 0.230 bits per heavy atom. The van der Waals surface area contributed by atoms with Gasteiger partial charge >= 0.3 is 0 Å². The molecule has 17 aromatic rings. The maximum absolute atomic E-state index is 13.2. The average Bonchev–Trinajstić information content (AvgIpc) is 0.779. The molecule has 0 atom stereocenters. The standard InChI is InChI=1S/C32H27N3O2.C30H29N3O2.C29H27N3O2.C28H25N3O2/c36-20-23-11-14-27-26(17-23)13-15-28-31(27)33-29(18-21-6-2-1-3-7-21)32(34-28)35-30(37)19-22-10-12-24-8-4-5-9-25(24)16-22;34-20-23-14-16-25-24(18-23)15-17-26-29(25)31-27(19-22-10-5-2-6-11-22)30(32-26)33-28(35)13-7-12-21-8-3-1-4-9-21;33-19-22-11-14-24-23(17-22)13-15-25-28(24)30-26(18-21-9-5-2-6-10-21)29(31-25)32-27(34)16-12-20-7-3-1-4-8-20;32-18-21-11-13-23-22(15-21)12-14-24-27(23)29-25(16-19-7-3-1-4-8-19)28(30-24)31-26(33)17-20-9-5-2-6-10-20/h1-12,14,16-17,36H,13,15,18-20H2,(H,34,35,37);1-6,8-11,14,16,18,34H,7,12-13,15,17,19-20H2,(H,32,33,35);1-11,14,17,33H,12-13,15-16,18-19H2,(H,31,32,34);1-11,13,15,32H,12,14,16-18H2,(H,30,31,33). The summed E-state index contributed by atoms with van der Waals surface area (Å²) in [4.78, 5) is 91.5. The predicted molar refractivity (Wildman–Crippen MR) is 547 cm³/mol. The van der Waals surface area contributed by atoms with Gasteiger partial charge in [0.15, 0.2) is 23.3 Å². The van der Waals surface area contributed by atoms with Crippen LogP contribution < -0.4 is 21.3 Å². The van der Waals surface area contributed by atoms with Crippen LogP contribution in [-0.2, 0) is 148 Å². The molecule has 13 aromatic carbocycles. The summed E-state index contributed by atoms with van der Waals surface area (Å²) in [6.07, 6.45) is 12.4. The number of benzene rings is 13. The molecule has 0 fully saturated rings. The number of fused-ring (bicyclic) bond motifs is 13. The van der Waals surface area contributed by atoms with Crippen molar-refractivity contribution < 1.29 is 39.6 Å². The van der Waals surface area contributed by atoms with Gasteiger partial charge in [-0.25, -0.2) is 39.9 Å². The van der Waals surface area contributed by atoms with E-state index in [9.17, 15) is 39.6 Å². The van der Waals surface area contributed by atoms with Gasteiger partial charge in [-0.15, -0.1) is 0 Å². The smallest absolute Gasteiger partial charge is 0.229 e. The third kappa shape index (κ3) is 24.0. The molecule has 0 saturated heterocycles. The Kier molecular flexibility index (Phi) is 30.4. The van der Waals surface area contributed by atoms with E-state index >= 15 is 0 Å².